The lowest BCUT2D eigenvalue weighted by Crippen LogP contribution is -2.35. The van der Waals surface area contributed by atoms with Gasteiger partial charge in [-0.25, -0.2) is 4.79 Å². The molecule has 0 aliphatic rings. The molecule has 190 valence electrons. The number of para-hydroxylation sites is 2. The molecular formula is C25H22N4O6S2. The number of nitrogens with one attached hydrogen (secondary N) is 2. The van der Waals surface area contributed by atoms with E-state index >= 15 is 0 Å². The van der Waals surface area contributed by atoms with Crippen LogP contribution >= 0.6 is 23.1 Å². The highest BCUT2D eigenvalue weighted by molar-refractivity contribution is 7.99. The molecule has 0 radical (unpaired) electrons. The lowest BCUT2D eigenvalue weighted by Gasteiger charge is -2.07. The zero-order valence-electron chi connectivity index (χ0n) is 19.8. The summed E-state index contributed by atoms with van der Waals surface area (Å²) < 4.78 is 11.2. The first kappa shape index (κ1) is 25.9. The number of ether oxygens (including phenoxy) is 1. The van der Waals surface area contributed by atoms with E-state index in [2.05, 4.69) is 15.9 Å². The number of nitrogens with zero attached hydrogens (tertiary/aromatic N) is 2. The minimum absolute atomic E-state index is 0.109. The third-order valence-corrected chi connectivity index (χ3v) is 7.26. The Bertz CT molecular complexity index is 1420. The minimum Gasteiger partial charge on any atom is -0.538 e. The zero-order chi connectivity index (χ0) is 26.4. The van der Waals surface area contributed by atoms with E-state index in [0.29, 0.717) is 16.9 Å². The highest BCUT2D eigenvalue weighted by Crippen LogP contribution is 2.35. The van der Waals surface area contributed by atoms with Gasteiger partial charge < -0.3 is 25.0 Å². The summed E-state index contributed by atoms with van der Waals surface area (Å²) in [5.41, 5.74) is 1.69. The van der Waals surface area contributed by atoms with Crippen molar-refractivity contribution in [2.45, 2.75) is 18.9 Å². The average molecular weight is 539 g/mol. The van der Waals surface area contributed by atoms with Gasteiger partial charge in [-0.1, -0.05) is 36.4 Å². The quantitative estimate of drug-likeness (QED) is 0.187. The molecule has 2 aromatic heterocycles. The number of carbonyl (C=O) groups excluding carboxylic acids is 3. The molecule has 37 heavy (non-hydrogen) atoms. The first-order valence-corrected chi connectivity index (χ1v) is 12.9. The molecule has 4 rings (SSSR count). The van der Waals surface area contributed by atoms with Crippen molar-refractivity contribution >= 4 is 51.6 Å². The number of rotatable bonds is 9. The van der Waals surface area contributed by atoms with Crippen molar-refractivity contribution in [2.75, 3.05) is 23.0 Å². The first-order chi connectivity index (χ1) is 17.9. The largest absolute Gasteiger partial charge is 0.538 e. The fourth-order valence-electron chi connectivity index (χ4n) is 3.37. The smallest absolute Gasteiger partial charge is 0.341 e. The summed E-state index contributed by atoms with van der Waals surface area (Å²) in [5.74, 6) is -2.42. The van der Waals surface area contributed by atoms with Crippen LogP contribution in [0.3, 0.4) is 0 Å². The summed E-state index contributed by atoms with van der Waals surface area (Å²) in [6.45, 7) is 3.41. The molecule has 0 fully saturated rings. The number of thioether (sulfide) groups is 1. The Labute approximate surface area is 220 Å². The normalized spacial score (nSPS) is 10.6. The Balaban J connectivity index is 1.53. The van der Waals surface area contributed by atoms with Gasteiger partial charge >= 0.3 is 5.97 Å². The number of aromatic nitrogens is 2. The van der Waals surface area contributed by atoms with Crippen LogP contribution < -0.4 is 20.4 Å². The maximum absolute atomic E-state index is 12.9. The lowest BCUT2D eigenvalue weighted by molar-refractivity contribution is -0.705. The molecule has 0 aliphatic carbocycles. The molecule has 0 bridgehead atoms. The van der Waals surface area contributed by atoms with E-state index in [0.717, 1.165) is 23.1 Å². The van der Waals surface area contributed by atoms with E-state index in [9.17, 15) is 19.5 Å². The molecule has 0 saturated heterocycles. The Morgan fingerprint density at radius 3 is 2.43 bits per heavy atom. The second-order valence-electron chi connectivity index (χ2n) is 7.55. The zero-order valence-corrected chi connectivity index (χ0v) is 21.5. The predicted molar refractivity (Wildman–Crippen MR) is 136 cm³/mol. The highest BCUT2D eigenvalue weighted by atomic mass is 32.2. The maximum Gasteiger partial charge on any atom is 0.341 e. The standard InChI is InChI=1S/C25H22N4O6S2/c1-3-34-24(32)19-15(2)20(21(31)26-16-10-6-4-7-11-16)37-22(19)27-18(30)14-36-23-25(33)35-28-29(23)17-12-8-5-9-13-17/h4-13H,3,14H2,1-2H3,(H2-,26,27,28,30,31,32,33). The van der Waals surface area contributed by atoms with Gasteiger partial charge in [-0.2, -0.15) is 0 Å². The Morgan fingerprint density at radius 1 is 1.08 bits per heavy atom. The van der Waals surface area contributed by atoms with Crippen LogP contribution in [0.15, 0.2) is 70.2 Å². The number of esters is 1. The van der Waals surface area contributed by atoms with Crippen molar-refractivity contribution < 1.29 is 33.4 Å². The SMILES string of the molecule is CCOC(=O)c1c(NC(=O)CSc2c([O-])on[n+]2-c2ccccc2)sc(C(=O)Nc2ccccc2)c1C. The van der Waals surface area contributed by atoms with Gasteiger partial charge in [0.1, 0.15) is 5.00 Å². The maximum atomic E-state index is 12.9. The van der Waals surface area contributed by atoms with E-state index in [1.807, 2.05) is 12.1 Å². The topological polar surface area (TPSA) is 137 Å². The van der Waals surface area contributed by atoms with E-state index in [-0.39, 0.29) is 32.8 Å². The summed E-state index contributed by atoms with van der Waals surface area (Å²) in [7, 11) is 0. The first-order valence-electron chi connectivity index (χ1n) is 11.1. The second kappa shape index (κ2) is 11.7. The van der Waals surface area contributed by atoms with Gasteiger partial charge in [0.2, 0.25) is 11.6 Å². The number of carbonyl (C=O) groups is 3. The molecule has 2 amide bonds. The molecule has 12 heteroatoms. The average Bonchev–Trinajstić information content (AvgIpc) is 3.43. The lowest BCUT2D eigenvalue weighted by atomic mass is 10.1. The van der Waals surface area contributed by atoms with Crippen molar-refractivity contribution in [1.82, 2.24) is 5.27 Å². The number of amides is 2. The van der Waals surface area contributed by atoms with Gasteiger partial charge in [-0.05, 0) is 48.0 Å². The van der Waals surface area contributed by atoms with Crippen LogP contribution in [0, 0.1) is 6.92 Å². The van der Waals surface area contributed by atoms with Crippen LogP contribution in [0.5, 0.6) is 5.95 Å². The molecule has 0 unspecified atom stereocenters. The van der Waals surface area contributed by atoms with Gasteiger partial charge in [0.15, 0.2) is 5.95 Å². The van der Waals surface area contributed by atoms with Gasteiger partial charge in [0.05, 0.1) is 28.1 Å². The van der Waals surface area contributed by atoms with E-state index < -0.39 is 23.7 Å². The predicted octanol–water partition coefficient (Wildman–Crippen LogP) is 3.55. The van der Waals surface area contributed by atoms with Crippen molar-refractivity contribution in [2.24, 2.45) is 0 Å². The molecule has 0 aliphatic heterocycles. The van der Waals surface area contributed by atoms with Crippen molar-refractivity contribution in [1.29, 1.82) is 0 Å². The van der Waals surface area contributed by atoms with Gasteiger partial charge in [-0.15, -0.1) is 11.3 Å². The number of benzene rings is 2. The van der Waals surface area contributed by atoms with Crippen molar-refractivity contribution in [3.05, 3.63) is 76.7 Å². The summed E-state index contributed by atoms with van der Waals surface area (Å²) in [5, 5.41) is 21.7. The van der Waals surface area contributed by atoms with E-state index in [4.69, 9.17) is 9.26 Å². The van der Waals surface area contributed by atoms with Gasteiger partial charge in [-0.3, -0.25) is 9.59 Å². The Kier molecular flexibility index (Phi) is 8.21. The van der Waals surface area contributed by atoms with Gasteiger partial charge in [0.25, 0.3) is 10.9 Å². The number of hydrogen-bond donors (Lipinski definition) is 2. The van der Waals surface area contributed by atoms with Crippen LogP contribution in [0.2, 0.25) is 0 Å². The van der Waals surface area contributed by atoms with Crippen LogP contribution in [-0.2, 0) is 9.53 Å². The molecule has 0 saturated carbocycles. The van der Waals surface area contributed by atoms with Crippen LogP contribution in [0.4, 0.5) is 10.7 Å². The number of anilines is 2. The molecule has 10 nitrogen and oxygen atoms in total. The molecular weight excluding hydrogens is 516 g/mol. The number of thiophene rings is 1. The minimum atomic E-state index is -0.680. The van der Waals surface area contributed by atoms with Gasteiger partial charge in [0, 0.05) is 17.8 Å². The molecule has 0 spiro atoms. The summed E-state index contributed by atoms with van der Waals surface area (Å²) in [4.78, 5) is 38.7. The highest BCUT2D eigenvalue weighted by Gasteiger charge is 2.28. The summed E-state index contributed by atoms with van der Waals surface area (Å²) in [6, 6.07) is 17.8. The molecule has 4 aromatic rings. The van der Waals surface area contributed by atoms with E-state index in [1.165, 1.54) is 4.68 Å². The molecule has 2 N–H and O–H groups in total. The third-order valence-electron chi connectivity index (χ3n) is 5.03. The monoisotopic (exact) mass is 538 g/mol. The molecule has 2 aromatic carbocycles. The van der Waals surface area contributed by atoms with Crippen molar-refractivity contribution in [3.63, 3.8) is 0 Å². The third kappa shape index (κ3) is 5.98. The van der Waals surface area contributed by atoms with Crippen LogP contribution in [-0.4, -0.2) is 35.4 Å². The van der Waals surface area contributed by atoms with Crippen LogP contribution in [0.25, 0.3) is 5.69 Å². The van der Waals surface area contributed by atoms with Crippen molar-refractivity contribution in [3.8, 4) is 11.6 Å². The molecule has 2 heterocycles. The van der Waals surface area contributed by atoms with E-state index in [1.54, 1.807) is 62.4 Å². The fraction of sp³-hybridized carbons (Fsp3) is 0.160. The van der Waals surface area contributed by atoms with Crippen LogP contribution in [0.1, 0.15) is 32.5 Å². The Morgan fingerprint density at radius 2 is 1.76 bits per heavy atom. The Hall–Kier alpha value is -4.16. The fourth-order valence-corrected chi connectivity index (χ4v) is 5.23. The summed E-state index contributed by atoms with van der Waals surface area (Å²) in [6.07, 6.45) is 0. The molecule has 0 atom stereocenters. The number of hydrogen-bond acceptors (Lipinski definition) is 9. The second-order valence-corrected chi connectivity index (χ2v) is 9.54. The summed E-state index contributed by atoms with van der Waals surface area (Å²) >= 11 is 1.91.